The molecule has 0 unspecified atom stereocenters. The number of aliphatic hydroxyl groups excluding tert-OH is 1. The van der Waals surface area contributed by atoms with Crippen LogP contribution in [0.3, 0.4) is 0 Å². The third-order valence-corrected chi connectivity index (χ3v) is 3.81. The molecule has 2 rings (SSSR count). The smallest absolute Gasteiger partial charge is 0.273 e. The number of aromatic nitrogens is 2. The summed E-state index contributed by atoms with van der Waals surface area (Å²) in [6.45, 7) is 3.61. The number of fused-ring (bicyclic) bond motifs is 1. The van der Waals surface area contributed by atoms with E-state index >= 15 is 0 Å². The van der Waals surface area contributed by atoms with Crippen LogP contribution in [0.2, 0.25) is 0 Å². The minimum Gasteiger partial charge on any atom is -0.396 e. The monoisotopic (exact) mass is 346 g/mol. The molecule has 9 heteroatoms. The number of carbonyl (C=O) groups excluding carboxylic acids is 2. The quantitative estimate of drug-likeness (QED) is 0.243. The molecule has 0 aliphatic carbocycles. The molecule has 25 heavy (non-hydrogen) atoms. The molecule has 2 aromatic heterocycles. The number of carbonyl (C=O) groups is 2. The highest BCUT2D eigenvalue weighted by Gasteiger charge is 2.22. The van der Waals surface area contributed by atoms with Crippen molar-refractivity contribution in [2.45, 2.75) is 25.8 Å². The molecule has 2 heterocycles. The van der Waals surface area contributed by atoms with Crippen LogP contribution in [0.5, 0.6) is 0 Å². The number of hydrazine groups is 1. The van der Waals surface area contributed by atoms with E-state index in [1.165, 1.54) is 11.2 Å². The number of nitrogens with zero attached hydrogens (tertiary/aromatic N) is 3. The van der Waals surface area contributed by atoms with Crippen molar-refractivity contribution in [2.75, 3.05) is 11.9 Å². The average Bonchev–Trinajstić information content (AvgIpc) is 2.97. The molecule has 0 aliphatic rings. The molecule has 1 amide bonds. The van der Waals surface area contributed by atoms with Gasteiger partial charge in [-0.2, -0.15) is 0 Å². The van der Waals surface area contributed by atoms with Crippen LogP contribution in [0.15, 0.2) is 36.4 Å². The molecular formula is C16H22N6O3. The number of aldehydes is 1. The number of amides is 1. The molecule has 0 spiro atoms. The van der Waals surface area contributed by atoms with Gasteiger partial charge in [-0.05, 0) is 32.4 Å². The van der Waals surface area contributed by atoms with Gasteiger partial charge in [0.15, 0.2) is 6.29 Å². The lowest BCUT2D eigenvalue weighted by Gasteiger charge is -2.33. The van der Waals surface area contributed by atoms with Crippen LogP contribution >= 0.6 is 0 Å². The Labute approximate surface area is 144 Å². The first-order valence-electron chi connectivity index (χ1n) is 7.64. The van der Waals surface area contributed by atoms with Gasteiger partial charge in [0.05, 0.1) is 11.2 Å². The third-order valence-electron chi connectivity index (χ3n) is 3.81. The van der Waals surface area contributed by atoms with Gasteiger partial charge in [-0.3, -0.25) is 9.59 Å². The molecule has 0 aliphatic heterocycles. The summed E-state index contributed by atoms with van der Waals surface area (Å²) in [5.74, 6) is 5.38. The zero-order chi connectivity index (χ0) is 18.6. The van der Waals surface area contributed by atoms with Crippen molar-refractivity contribution in [2.24, 2.45) is 11.6 Å². The predicted octanol–water partition coefficient (Wildman–Crippen LogP) is 0.222. The summed E-state index contributed by atoms with van der Waals surface area (Å²) in [5, 5.41) is 13.0. The average molecular weight is 346 g/mol. The number of aliphatic hydroxyl groups is 1. The predicted molar refractivity (Wildman–Crippen MR) is 93.3 cm³/mol. The van der Waals surface area contributed by atoms with Crippen LogP contribution in [0, 0.1) is 0 Å². The summed E-state index contributed by atoms with van der Waals surface area (Å²) in [6.07, 6.45) is 5.57. The molecule has 0 aromatic carbocycles. The summed E-state index contributed by atoms with van der Waals surface area (Å²) in [6, 6.07) is 3.32. The lowest BCUT2D eigenvalue weighted by molar-refractivity contribution is -0.113. The van der Waals surface area contributed by atoms with Gasteiger partial charge in [0, 0.05) is 25.2 Å². The topological polar surface area (TPSA) is 139 Å². The van der Waals surface area contributed by atoms with Crippen molar-refractivity contribution in [3.05, 3.63) is 42.1 Å². The van der Waals surface area contributed by atoms with Crippen LogP contribution in [-0.4, -0.2) is 43.8 Å². The lowest BCUT2D eigenvalue weighted by atomic mass is 10.0. The highest BCUT2D eigenvalue weighted by atomic mass is 16.3. The molecule has 0 saturated carbocycles. The maximum absolute atomic E-state index is 12.2. The second-order valence-electron chi connectivity index (χ2n) is 6.20. The molecule has 0 saturated heterocycles. The summed E-state index contributed by atoms with van der Waals surface area (Å²) in [4.78, 5) is 27.0. The Kier molecular flexibility index (Phi) is 5.40. The van der Waals surface area contributed by atoms with Gasteiger partial charge in [-0.1, -0.05) is 0 Å². The standard InChI is InChI=1S/C16H22N6O3/c1-16(2,5-6-23)22(18)9-13(17)15(25)20-11-3-4-14-19-12(10-24)8-21(14)7-11/h3-4,7-10,23H,5-6,17-18H2,1-2H3,(H,20,25)/b13-9-. The van der Waals surface area contributed by atoms with E-state index in [-0.39, 0.29) is 12.3 Å². The second-order valence-corrected chi connectivity index (χ2v) is 6.20. The van der Waals surface area contributed by atoms with E-state index in [0.717, 1.165) is 0 Å². The van der Waals surface area contributed by atoms with Gasteiger partial charge >= 0.3 is 0 Å². The van der Waals surface area contributed by atoms with Gasteiger partial charge in [0.1, 0.15) is 17.0 Å². The van der Waals surface area contributed by atoms with E-state index in [1.807, 2.05) is 13.8 Å². The van der Waals surface area contributed by atoms with E-state index in [1.54, 1.807) is 28.9 Å². The van der Waals surface area contributed by atoms with Crippen molar-refractivity contribution in [3.8, 4) is 0 Å². The second kappa shape index (κ2) is 7.32. The normalized spacial score (nSPS) is 12.2. The zero-order valence-corrected chi connectivity index (χ0v) is 14.1. The van der Waals surface area contributed by atoms with Crippen molar-refractivity contribution in [1.82, 2.24) is 14.4 Å². The van der Waals surface area contributed by atoms with Gasteiger partial charge in [-0.25, -0.2) is 10.8 Å². The van der Waals surface area contributed by atoms with E-state index < -0.39 is 11.4 Å². The van der Waals surface area contributed by atoms with Crippen molar-refractivity contribution in [3.63, 3.8) is 0 Å². The van der Waals surface area contributed by atoms with Crippen LogP contribution in [0.1, 0.15) is 30.8 Å². The first-order valence-corrected chi connectivity index (χ1v) is 7.64. The number of pyridine rings is 1. The number of hydrogen-bond acceptors (Lipinski definition) is 7. The Bertz CT molecular complexity index is 811. The summed E-state index contributed by atoms with van der Waals surface area (Å²) >= 11 is 0. The fourth-order valence-electron chi connectivity index (χ4n) is 2.13. The number of rotatable bonds is 7. The zero-order valence-electron chi connectivity index (χ0n) is 14.1. The number of anilines is 1. The maximum atomic E-state index is 12.2. The highest BCUT2D eigenvalue weighted by molar-refractivity contribution is 6.02. The molecule has 2 aromatic rings. The summed E-state index contributed by atoms with van der Waals surface area (Å²) in [5.41, 5.74) is 6.54. The summed E-state index contributed by atoms with van der Waals surface area (Å²) in [7, 11) is 0. The van der Waals surface area contributed by atoms with Crippen molar-refractivity contribution in [1.29, 1.82) is 0 Å². The van der Waals surface area contributed by atoms with Crippen LogP contribution < -0.4 is 16.9 Å². The SMILES string of the molecule is CC(C)(CCO)N(N)/C=C(\N)C(=O)Nc1ccc2nc(C=O)cn2c1. The first-order chi connectivity index (χ1) is 11.8. The van der Waals surface area contributed by atoms with Crippen LogP contribution in [0.4, 0.5) is 5.69 Å². The Balaban J connectivity index is 2.12. The van der Waals surface area contributed by atoms with E-state index in [2.05, 4.69) is 10.3 Å². The Morgan fingerprint density at radius 2 is 2.16 bits per heavy atom. The highest BCUT2D eigenvalue weighted by Crippen LogP contribution is 2.16. The maximum Gasteiger partial charge on any atom is 0.273 e. The van der Waals surface area contributed by atoms with Gasteiger partial charge < -0.3 is 25.6 Å². The van der Waals surface area contributed by atoms with Gasteiger partial charge in [-0.15, -0.1) is 0 Å². The molecule has 9 nitrogen and oxygen atoms in total. The Morgan fingerprint density at radius 1 is 1.44 bits per heavy atom. The van der Waals surface area contributed by atoms with Crippen LogP contribution in [-0.2, 0) is 4.79 Å². The minimum absolute atomic E-state index is 0.0334. The first kappa shape index (κ1) is 18.4. The molecule has 134 valence electrons. The van der Waals surface area contributed by atoms with Gasteiger partial charge in [0.25, 0.3) is 5.91 Å². The molecule has 0 bridgehead atoms. The van der Waals surface area contributed by atoms with Crippen molar-refractivity contribution < 1.29 is 14.7 Å². The van der Waals surface area contributed by atoms with Gasteiger partial charge in [0.2, 0.25) is 0 Å². The molecule has 0 fully saturated rings. The van der Waals surface area contributed by atoms with E-state index in [4.69, 9.17) is 16.7 Å². The van der Waals surface area contributed by atoms with Crippen molar-refractivity contribution >= 4 is 23.5 Å². The van der Waals surface area contributed by atoms with E-state index in [9.17, 15) is 9.59 Å². The number of nitrogens with two attached hydrogens (primary N) is 2. The van der Waals surface area contributed by atoms with Crippen LogP contribution in [0.25, 0.3) is 5.65 Å². The molecule has 6 N–H and O–H groups in total. The van der Waals surface area contributed by atoms with E-state index in [0.29, 0.717) is 29.7 Å². The number of imidazole rings is 1. The summed E-state index contributed by atoms with van der Waals surface area (Å²) < 4.78 is 1.62. The number of nitrogens with one attached hydrogen (secondary N) is 1. The molecular weight excluding hydrogens is 324 g/mol. The minimum atomic E-state index is -0.555. The Hall–Kier alpha value is -2.91. The lowest BCUT2D eigenvalue weighted by Crippen LogP contribution is -2.46. The molecule has 0 radical (unpaired) electrons. The Morgan fingerprint density at radius 3 is 2.80 bits per heavy atom. The molecule has 0 atom stereocenters. The third kappa shape index (κ3) is 4.34. The largest absolute Gasteiger partial charge is 0.396 e. The fourth-order valence-corrected chi connectivity index (χ4v) is 2.13. The number of hydrogen-bond donors (Lipinski definition) is 4. The fraction of sp³-hybridized carbons (Fsp3) is 0.312.